The number of aryl methyl sites for hydroxylation is 2. The number of rotatable bonds is 4. The summed E-state index contributed by atoms with van der Waals surface area (Å²) in [5.74, 6) is -0.450. The molecule has 2 aromatic carbocycles. The van der Waals surface area contributed by atoms with Crippen molar-refractivity contribution in [1.29, 1.82) is 0 Å². The minimum absolute atomic E-state index is 0.112. The Morgan fingerprint density at radius 2 is 1.29 bits per heavy atom. The Labute approximate surface area is 195 Å². The third kappa shape index (κ3) is 5.13. The van der Waals surface area contributed by atoms with Crippen molar-refractivity contribution in [2.45, 2.75) is 26.6 Å². The number of piperazine rings is 1. The van der Waals surface area contributed by atoms with Crippen LogP contribution in [0, 0.1) is 13.8 Å². The number of aromatic nitrogens is 2. The summed E-state index contributed by atoms with van der Waals surface area (Å²) in [4.78, 5) is 28.8. The maximum atomic E-state index is 12.9. The molecule has 9 heteroatoms. The largest absolute Gasteiger partial charge is 0.416 e. The van der Waals surface area contributed by atoms with Crippen LogP contribution in [-0.2, 0) is 12.7 Å². The summed E-state index contributed by atoms with van der Waals surface area (Å²) in [5.41, 5.74) is 3.04. The second-order valence-corrected chi connectivity index (χ2v) is 8.44. The lowest BCUT2D eigenvalue weighted by Crippen LogP contribution is -2.50. The normalized spacial score (nSPS) is 14.4. The van der Waals surface area contributed by atoms with E-state index in [0.717, 1.165) is 29.1 Å². The van der Waals surface area contributed by atoms with Crippen LogP contribution in [0.15, 0.2) is 54.6 Å². The second-order valence-electron chi connectivity index (χ2n) is 8.44. The van der Waals surface area contributed by atoms with Crippen LogP contribution in [0.1, 0.15) is 43.2 Å². The summed E-state index contributed by atoms with van der Waals surface area (Å²) in [6, 6.07) is 13.6. The lowest BCUT2D eigenvalue weighted by molar-refractivity contribution is -0.137. The highest BCUT2D eigenvalue weighted by atomic mass is 19.4. The van der Waals surface area contributed by atoms with Gasteiger partial charge in [0.15, 0.2) is 0 Å². The molecule has 0 bridgehead atoms. The van der Waals surface area contributed by atoms with Gasteiger partial charge in [-0.05, 0) is 61.9 Å². The summed E-state index contributed by atoms with van der Waals surface area (Å²) in [6.07, 6.45) is -4.44. The Kier molecular flexibility index (Phi) is 6.45. The van der Waals surface area contributed by atoms with E-state index in [0.29, 0.717) is 38.3 Å². The van der Waals surface area contributed by atoms with Crippen molar-refractivity contribution in [3.05, 3.63) is 88.2 Å². The Hall–Kier alpha value is -3.62. The first-order valence-electron chi connectivity index (χ1n) is 11.0. The fourth-order valence-corrected chi connectivity index (χ4v) is 4.04. The highest BCUT2D eigenvalue weighted by Gasteiger charge is 2.31. The topological polar surface area (TPSA) is 58.4 Å². The van der Waals surface area contributed by atoms with E-state index in [2.05, 4.69) is 5.10 Å². The molecule has 1 saturated heterocycles. The van der Waals surface area contributed by atoms with Crippen molar-refractivity contribution in [2.75, 3.05) is 26.2 Å². The van der Waals surface area contributed by atoms with E-state index in [-0.39, 0.29) is 17.4 Å². The first-order chi connectivity index (χ1) is 16.1. The Morgan fingerprint density at radius 1 is 0.824 bits per heavy atom. The van der Waals surface area contributed by atoms with Crippen molar-refractivity contribution < 1.29 is 22.8 Å². The molecule has 4 rings (SSSR count). The smallest absolute Gasteiger partial charge is 0.335 e. The van der Waals surface area contributed by atoms with Crippen LogP contribution in [0.5, 0.6) is 0 Å². The highest BCUT2D eigenvalue weighted by Crippen LogP contribution is 2.29. The molecule has 2 amide bonds. The van der Waals surface area contributed by atoms with Gasteiger partial charge in [-0.15, -0.1) is 0 Å². The van der Waals surface area contributed by atoms with E-state index >= 15 is 0 Å². The van der Waals surface area contributed by atoms with Gasteiger partial charge in [0.25, 0.3) is 11.8 Å². The van der Waals surface area contributed by atoms with Gasteiger partial charge in [-0.1, -0.05) is 12.1 Å². The van der Waals surface area contributed by atoms with E-state index in [4.69, 9.17) is 0 Å². The SMILES string of the molecule is Cc1cc(C)n(Cc2ccc(C(=O)N3CCN(C(=O)c4ccc(C(F)(F)F)cc4)CC3)cc2)n1. The third-order valence-electron chi connectivity index (χ3n) is 5.95. The molecule has 1 fully saturated rings. The molecule has 1 aromatic heterocycles. The average molecular weight is 470 g/mol. The number of benzene rings is 2. The molecule has 2 heterocycles. The zero-order valence-corrected chi connectivity index (χ0v) is 19.0. The summed E-state index contributed by atoms with van der Waals surface area (Å²) < 4.78 is 40.1. The maximum absolute atomic E-state index is 12.9. The molecule has 1 aliphatic rings. The lowest BCUT2D eigenvalue weighted by atomic mass is 10.1. The molecular weight excluding hydrogens is 445 g/mol. The number of nitrogens with zero attached hydrogens (tertiary/aromatic N) is 4. The van der Waals surface area contributed by atoms with Crippen molar-refractivity contribution in [3.8, 4) is 0 Å². The third-order valence-corrected chi connectivity index (χ3v) is 5.95. The van der Waals surface area contributed by atoms with Crippen molar-refractivity contribution in [1.82, 2.24) is 19.6 Å². The minimum atomic E-state index is -4.44. The van der Waals surface area contributed by atoms with Gasteiger partial charge in [-0.2, -0.15) is 18.3 Å². The first kappa shape index (κ1) is 23.5. The van der Waals surface area contributed by atoms with E-state index in [1.807, 2.05) is 36.7 Å². The van der Waals surface area contributed by atoms with Crippen LogP contribution >= 0.6 is 0 Å². The standard InChI is InChI=1S/C25H25F3N4O2/c1-17-15-18(2)32(29-17)16-19-3-5-20(6-4-19)23(33)30-11-13-31(14-12-30)24(34)21-7-9-22(10-8-21)25(26,27)28/h3-10,15H,11-14,16H2,1-2H3. The molecule has 0 spiro atoms. The van der Waals surface area contributed by atoms with Crippen LogP contribution in [-0.4, -0.2) is 57.6 Å². The Balaban J connectivity index is 1.33. The predicted molar refractivity (Wildman–Crippen MR) is 120 cm³/mol. The number of alkyl halides is 3. The van der Waals surface area contributed by atoms with Gasteiger partial charge in [-0.25, -0.2) is 0 Å². The zero-order valence-electron chi connectivity index (χ0n) is 19.0. The van der Waals surface area contributed by atoms with Gasteiger partial charge in [-0.3, -0.25) is 14.3 Å². The molecule has 0 atom stereocenters. The number of amides is 2. The second kappa shape index (κ2) is 9.32. The van der Waals surface area contributed by atoms with Crippen LogP contribution in [0.25, 0.3) is 0 Å². The molecule has 3 aromatic rings. The van der Waals surface area contributed by atoms with E-state index < -0.39 is 11.7 Å². The number of carbonyl (C=O) groups excluding carboxylic acids is 2. The molecule has 0 aliphatic carbocycles. The average Bonchev–Trinajstić information content (AvgIpc) is 3.14. The summed E-state index contributed by atoms with van der Waals surface area (Å²) in [6.45, 7) is 5.93. The number of hydrogen-bond donors (Lipinski definition) is 0. The predicted octanol–water partition coefficient (Wildman–Crippen LogP) is 4.17. The van der Waals surface area contributed by atoms with Gasteiger partial charge in [0.05, 0.1) is 17.8 Å². The molecule has 0 unspecified atom stereocenters. The van der Waals surface area contributed by atoms with Gasteiger partial charge >= 0.3 is 6.18 Å². The molecule has 178 valence electrons. The van der Waals surface area contributed by atoms with E-state index in [1.54, 1.807) is 21.9 Å². The number of carbonyl (C=O) groups is 2. The van der Waals surface area contributed by atoms with Crippen LogP contribution < -0.4 is 0 Å². The van der Waals surface area contributed by atoms with Crippen molar-refractivity contribution in [2.24, 2.45) is 0 Å². The van der Waals surface area contributed by atoms with E-state index in [9.17, 15) is 22.8 Å². The number of hydrogen-bond acceptors (Lipinski definition) is 3. The number of halogens is 3. The zero-order chi connectivity index (χ0) is 24.5. The van der Waals surface area contributed by atoms with Crippen molar-refractivity contribution >= 4 is 11.8 Å². The Morgan fingerprint density at radius 3 is 1.71 bits per heavy atom. The summed E-state index contributed by atoms with van der Waals surface area (Å²) in [7, 11) is 0. The molecule has 0 saturated carbocycles. The fraction of sp³-hybridized carbons (Fsp3) is 0.320. The van der Waals surface area contributed by atoms with Crippen molar-refractivity contribution in [3.63, 3.8) is 0 Å². The molecule has 0 N–H and O–H groups in total. The van der Waals surface area contributed by atoms with Crippen LogP contribution in [0.2, 0.25) is 0 Å². The lowest BCUT2D eigenvalue weighted by Gasteiger charge is -2.35. The van der Waals surface area contributed by atoms with Gasteiger partial charge < -0.3 is 9.80 Å². The van der Waals surface area contributed by atoms with Gasteiger partial charge in [0.2, 0.25) is 0 Å². The maximum Gasteiger partial charge on any atom is 0.416 e. The molecule has 34 heavy (non-hydrogen) atoms. The first-order valence-corrected chi connectivity index (χ1v) is 11.0. The van der Waals surface area contributed by atoms with Gasteiger partial charge in [0.1, 0.15) is 0 Å². The van der Waals surface area contributed by atoms with Gasteiger partial charge in [0, 0.05) is 43.0 Å². The molecule has 1 aliphatic heterocycles. The quantitative estimate of drug-likeness (QED) is 0.575. The van der Waals surface area contributed by atoms with Crippen LogP contribution in [0.4, 0.5) is 13.2 Å². The monoisotopic (exact) mass is 470 g/mol. The summed E-state index contributed by atoms with van der Waals surface area (Å²) in [5, 5.41) is 4.45. The highest BCUT2D eigenvalue weighted by molar-refractivity contribution is 5.96. The summed E-state index contributed by atoms with van der Waals surface area (Å²) >= 11 is 0. The molecular formula is C25H25F3N4O2. The van der Waals surface area contributed by atoms with E-state index in [1.165, 1.54) is 12.1 Å². The van der Waals surface area contributed by atoms with Crippen LogP contribution in [0.3, 0.4) is 0 Å². The molecule has 0 radical (unpaired) electrons. The fourth-order valence-electron chi connectivity index (χ4n) is 4.04. The minimum Gasteiger partial charge on any atom is -0.335 e. The molecule has 6 nitrogen and oxygen atoms in total. The Bertz CT molecular complexity index is 1180.